The van der Waals surface area contributed by atoms with E-state index in [0.717, 1.165) is 33.6 Å². The summed E-state index contributed by atoms with van der Waals surface area (Å²) in [7, 11) is 0. The van der Waals surface area contributed by atoms with Crippen molar-refractivity contribution in [3.8, 4) is 11.5 Å². The van der Waals surface area contributed by atoms with E-state index < -0.39 is 0 Å². The Morgan fingerprint density at radius 1 is 0.652 bits per heavy atom. The lowest BCUT2D eigenvalue weighted by Crippen LogP contribution is -1.93. The Balaban J connectivity index is 1.94. The van der Waals surface area contributed by atoms with Crippen LogP contribution < -0.4 is 4.74 Å². The Morgan fingerprint density at radius 2 is 1.30 bits per heavy atom. The van der Waals surface area contributed by atoms with Gasteiger partial charge in [-0.2, -0.15) is 0 Å². The van der Waals surface area contributed by atoms with Crippen molar-refractivity contribution >= 4 is 27.8 Å². The van der Waals surface area contributed by atoms with Crippen LogP contribution in [0.5, 0.6) is 11.5 Å². The molecule has 0 unspecified atom stereocenters. The van der Waals surface area contributed by atoms with Crippen molar-refractivity contribution in [2.24, 2.45) is 0 Å². The molecule has 0 saturated heterocycles. The maximum Gasteiger partial charge on any atom is 0.153 e. The molecule has 0 atom stereocenters. The van der Waals surface area contributed by atoms with Crippen molar-refractivity contribution in [1.29, 1.82) is 0 Å². The van der Waals surface area contributed by atoms with Gasteiger partial charge in [0.1, 0.15) is 11.5 Å². The molecule has 0 aliphatic carbocycles. The molecule has 0 radical (unpaired) electrons. The molecular weight excluding hydrogens is 284 g/mol. The molecule has 0 amide bonds. The first-order valence-electron chi connectivity index (χ1n) is 7.49. The van der Waals surface area contributed by atoms with E-state index in [4.69, 9.17) is 4.74 Å². The Labute approximate surface area is 133 Å². The summed E-state index contributed by atoms with van der Waals surface area (Å²) >= 11 is 0. The fourth-order valence-corrected chi connectivity index (χ4v) is 2.86. The monoisotopic (exact) mass is 298 g/mol. The van der Waals surface area contributed by atoms with Gasteiger partial charge in [0.05, 0.1) is 5.56 Å². The lowest BCUT2D eigenvalue weighted by molar-refractivity contribution is 0.112. The maximum absolute atomic E-state index is 11.4. The van der Waals surface area contributed by atoms with Crippen LogP contribution in [0.4, 0.5) is 0 Å². The second-order valence-electron chi connectivity index (χ2n) is 5.40. The van der Waals surface area contributed by atoms with Crippen LogP contribution in [-0.2, 0) is 0 Å². The average molecular weight is 298 g/mol. The first kappa shape index (κ1) is 13.5. The average Bonchev–Trinajstić information content (AvgIpc) is 2.62. The maximum atomic E-state index is 11.4. The lowest BCUT2D eigenvalue weighted by Gasteiger charge is -2.13. The Hall–Kier alpha value is -3.13. The summed E-state index contributed by atoms with van der Waals surface area (Å²) in [5, 5.41) is 4.12. The molecule has 0 bridgehead atoms. The number of carbonyl (C=O) groups excluding carboxylic acids is 1. The topological polar surface area (TPSA) is 26.3 Å². The van der Waals surface area contributed by atoms with Crippen LogP contribution >= 0.6 is 0 Å². The molecule has 0 spiro atoms. The molecule has 0 aliphatic heterocycles. The third kappa shape index (κ3) is 2.34. The molecule has 0 saturated carbocycles. The smallest absolute Gasteiger partial charge is 0.153 e. The SMILES string of the molecule is O=Cc1ccc2ccccc2c1Oc1cccc2ccccc12. The number of ether oxygens (including phenoxy) is 1. The largest absolute Gasteiger partial charge is 0.455 e. The number of rotatable bonds is 3. The van der Waals surface area contributed by atoms with Gasteiger partial charge in [-0.05, 0) is 22.9 Å². The molecule has 0 heterocycles. The van der Waals surface area contributed by atoms with Crippen LogP contribution in [0.25, 0.3) is 21.5 Å². The van der Waals surface area contributed by atoms with E-state index >= 15 is 0 Å². The van der Waals surface area contributed by atoms with Crippen LogP contribution in [0, 0.1) is 0 Å². The molecule has 2 nitrogen and oxygen atoms in total. The summed E-state index contributed by atoms with van der Waals surface area (Å²) in [5.74, 6) is 1.36. The molecule has 0 N–H and O–H groups in total. The molecular formula is C21H14O2. The summed E-state index contributed by atoms with van der Waals surface area (Å²) in [6.07, 6.45) is 0.840. The van der Waals surface area contributed by atoms with Gasteiger partial charge in [-0.25, -0.2) is 0 Å². The van der Waals surface area contributed by atoms with E-state index in [1.807, 2.05) is 72.8 Å². The van der Waals surface area contributed by atoms with Gasteiger partial charge < -0.3 is 4.74 Å². The van der Waals surface area contributed by atoms with Gasteiger partial charge in [0.2, 0.25) is 0 Å². The van der Waals surface area contributed by atoms with Gasteiger partial charge in [0.25, 0.3) is 0 Å². The van der Waals surface area contributed by atoms with Crippen molar-refractivity contribution in [1.82, 2.24) is 0 Å². The fourth-order valence-electron chi connectivity index (χ4n) is 2.86. The lowest BCUT2D eigenvalue weighted by atomic mass is 10.1. The first-order chi connectivity index (χ1) is 11.4. The van der Waals surface area contributed by atoms with Gasteiger partial charge in [-0.3, -0.25) is 4.79 Å². The minimum absolute atomic E-state index is 0.552. The molecule has 0 fully saturated rings. The van der Waals surface area contributed by atoms with Gasteiger partial charge in [-0.15, -0.1) is 0 Å². The number of hydrogen-bond donors (Lipinski definition) is 0. The summed E-state index contributed by atoms with van der Waals surface area (Å²) in [6, 6.07) is 25.7. The third-order valence-electron chi connectivity index (χ3n) is 4.00. The highest BCUT2D eigenvalue weighted by Crippen LogP contribution is 2.35. The standard InChI is InChI=1S/C21H14O2/c22-14-17-13-12-16-7-2-4-10-19(16)21(17)23-20-11-5-8-15-6-1-3-9-18(15)20/h1-14H. The highest BCUT2D eigenvalue weighted by Gasteiger charge is 2.11. The third-order valence-corrected chi connectivity index (χ3v) is 4.00. The van der Waals surface area contributed by atoms with E-state index in [9.17, 15) is 4.79 Å². The Morgan fingerprint density at radius 3 is 2.09 bits per heavy atom. The number of benzene rings is 4. The van der Waals surface area contributed by atoms with Crippen LogP contribution in [0.1, 0.15) is 10.4 Å². The van der Waals surface area contributed by atoms with Crippen LogP contribution in [0.15, 0.2) is 78.9 Å². The zero-order valence-electron chi connectivity index (χ0n) is 12.4. The van der Waals surface area contributed by atoms with Gasteiger partial charge in [0, 0.05) is 10.8 Å². The summed E-state index contributed by atoms with van der Waals surface area (Å²) < 4.78 is 6.20. The van der Waals surface area contributed by atoms with E-state index in [0.29, 0.717) is 11.3 Å². The molecule has 0 aromatic heterocycles. The Bertz CT molecular complexity index is 1010. The number of aldehydes is 1. The predicted octanol–water partition coefficient (Wildman–Crippen LogP) is 5.60. The number of hydrogen-bond acceptors (Lipinski definition) is 2. The van der Waals surface area contributed by atoms with Gasteiger partial charge in [-0.1, -0.05) is 66.7 Å². The highest BCUT2D eigenvalue weighted by molar-refractivity contribution is 5.97. The molecule has 0 aliphatic rings. The van der Waals surface area contributed by atoms with Crippen molar-refractivity contribution in [3.63, 3.8) is 0 Å². The molecule has 4 aromatic rings. The predicted molar refractivity (Wildman–Crippen MR) is 93.4 cm³/mol. The fraction of sp³-hybridized carbons (Fsp3) is 0. The molecule has 2 heteroatoms. The van der Waals surface area contributed by atoms with Crippen molar-refractivity contribution in [2.45, 2.75) is 0 Å². The zero-order chi connectivity index (χ0) is 15.6. The second kappa shape index (κ2) is 5.58. The second-order valence-corrected chi connectivity index (χ2v) is 5.40. The van der Waals surface area contributed by atoms with E-state index in [2.05, 4.69) is 0 Å². The molecule has 110 valence electrons. The number of carbonyl (C=O) groups is 1. The summed E-state index contributed by atoms with van der Waals surface area (Å²) in [6.45, 7) is 0. The van der Waals surface area contributed by atoms with Crippen LogP contribution in [-0.4, -0.2) is 6.29 Å². The normalized spacial score (nSPS) is 10.8. The zero-order valence-corrected chi connectivity index (χ0v) is 12.4. The van der Waals surface area contributed by atoms with Crippen molar-refractivity contribution in [2.75, 3.05) is 0 Å². The molecule has 23 heavy (non-hydrogen) atoms. The minimum Gasteiger partial charge on any atom is -0.455 e. The van der Waals surface area contributed by atoms with E-state index in [1.165, 1.54) is 0 Å². The van der Waals surface area contributed by atoms with Crippen LogP contribution in [0.3, 0.4) is 0 Å². The number of fused-ring (bicyclic) bond motifs is 2. The van der Waals surface area contributed by atoms with Crippen molar-refractivity contribution < 1.29 is 9.53 Å². The van der Waals surface area contributed by atoms with Crippen LogP contribution in [0.2, 0.25) is 0 Å². The summed E-state index contributed by atoms with van der Waals surface area (Å²) in [5.41, 5.74) is 0.552. The minimum atomic E-state index is 0.552. The quantitative estimate of drug-likeness (QED) is 0.460. The van der Waals surface area contributed by atoms with E-state index in [1.54, 1.807) is 6.07 Å². The molecule has 4 rings (SSSR count). The van der Waals surface area contributed by atoms with Gasteiger partial charge in [0.15, 0.2) is 6.29 Å². The molecule has 4 aromatic carbocycles. The summed E-state index contributed by atoms with van der Waals surface area (Å²) in [4.78, 5) is 11.4. The van der Waals surface area contributed by atoms with Crippen molar-refractivity contribution in [3.05, 3.63) is 84.4 Å². The highest BCUT2D eigenvalue weighted by atomic mass is 16.5. The van der Waals surface area contributed by atoms with Gasteiger partial charge >= 0.3 is 0 Å². The Kier molecular flexibility index (Phi) is 3.28. The van der Waals surface area contributed by atoms with E-state index in [-0.39, 0.29) is 0 Å². The first-order valence-corrected chi connectivity index (χ1v) is 7.49.